The van der Waals surface area contributed by atoms with Gasteiger partial charge in [-0.2, -0.15) is 11.8 Å². The zero-order chi connectivity index (χ0) is 13.9. The van der Waals surface area contributed by atoms with Crippen LogP contribution in [0.1, 0.15) is 24.9 Å². The monoisotopic (exact) mass is 287 g/mol. The molecule has 1 atom stereocenters. The Morgan fingerprint density at radius 1 is 1.45 bits per heavy atom. The lowest BCUT2D eigenvalue weighted by Gasteiger charge is -2.19. The van der Waals surface area contributed by atoms with E-state index in [-0.39, 0.29) is 0 Å². The van der Waals surface area contributed by atoms with E-state index in [2.05, 4.69) is 46.2 Å². The topological polar surface area (TPSA) is 29.9 Å². The van der Waals surface area contributed by atoms with Crippen molar-refractivity contribution >= 4 is 17.4 Å². The molecule has 1 aromatic heterocycles. The first kappa shape index (κ1) is 13.6. The maximum Gasteiger partial charge on any atom is 0.0953 e. The van der Waals surface area contributed by atoms with Gasteiger partial charge < -0.3 is 9.88 Å². The summed E-state index contributed by atoms with van der Waals surface area (Å²) >= 11 is 1.90. The molecule has 0 bridgehead atoms. The van der Waals surface area contributed by atoms with Crippen LogP contribution in [0.3, 0.4) is 0 Å². The molecule has 0 amide bonds. The Bertz CT molecular complexity index is 591. The minimum Gasteiger partial charge on any atom is -0.384 e. The highest BCUT2D eigenvalue weighted by atomic mass is 32.2. The number of para-hydroxylation sites is 1. The van der Waals surface area contributed by atoms with Crippen molar-refractivity contribution in [2.75, 3.05) is 23.9 Å². The Morgan fingerprint density at radius 2 is 2.35 bits per heavy atom. The number of fused-ring (bicyclic) bond motifs is 1. The number of nitrogens with zero attached hydrogens (tertiary/aromatic N) is 2. The van der Waals surface area contributed by atoms with Crippen molar-refractivity contribution in [2.45, 2.75) is 25.8 Å². The number of anilines is 1. The highest BCUT2D eigenvalue weighted by Gasteiger charge is 2.19. The lowest BCUT2D eigenvalue weighted by Crippen LogP contribution is -2.11. The number of rotatable bonds is 5. The molecular formula is C16H21N3S. The Hall–Kier alpha value is -1.42. The van der Waals surface area contributed by atoms with Gasteiger partial charge in [0, 0.05) is 29.6 Å². The summed E-state index contributed by atoms with van der Waals surface area (Å²) in [5, 5.41) is 3.53. The zero-order valence-electron chi connectivity index (χ0n) is 12.1. The van der Waals surface area contributed by atoms with Gasteiger partial charge in [0.2, 0.25) is 0 Å². The fraction of sp³-hybridized carbons (Fsp3) is 0.438. The SMILES string of the molecule is CCC(CSC)n1cncc1-c1cccc2c1NCC2. The first-order valence-electron chi connectivity index (χ1n) is 7.22. The van der Waals surface area contributed by atoms with Crippen LogP contribution in [0, 0.1) is 0 Å². The van der Waals surface area contributed by atoms with Crippen LogP contribution in [0.2, 0.25) is 0 Å². The van der Waals surface area contributed by atoms with Gasteiger partial charge in [0.05, 0.1) is 18.2 Å². The van der Waals surface area contributed by atoms with Gasteiger partial charge in [0.25, 0.3) is 0 Å². The normalized spacial score (nSPS) is 14.9. The molecule has 3 nitrogen and oxygen atoms in total. The van der Waals surface area contributed by atoms with Crippen LogP contribution in [-0.4, -0.2) is 28.1 Å². The van der Waals surface area contributed by atoms with Crippen LogP contribution in [0.25, 0.3) is 11.3 Å². The second-order valence-corrected chi connectivity index (χ2v) is 6.13. The van der Waals surface area contributed by atoms with E-state index in [1.807, 2.05) is 24.3 Å². The van der Waals surface area contributed by atoms with Crippen molar-refractivity contribution in [2.24, 2.45) is 0 Å². The average Bonchev–Trinajstić information content (AvgIpc) is 3.12. The number of thioether (sulfide) groups is 1. The molecule has 0 aliphatic carbocycles. The van der Waals surface area contributed by atoms with Gasteiger partial charge in [0.15, 0.2) is 0 Å². The molecule has 2 heterocycles. The van der Waals surface area contributed by atoms with Crippen LogP contribution in [-0.2, 0) is 6.42 Å². The zero-order valence-corrected chi connectivity index (χ0v) is 12.9. The Labute approximate surface area is 124 Å². The van der Waals surface area contributed by atoms with E-state index in [1.165, 1.54) is 22.5 Å². The third kappa shape index (κ3) is 2.33. The summed E-state index contributed by atoms with van der Waals surface area (Å²) in [5.41, 5.74) is 5.25. The minimum absolute atomic E-state index is 0.514. The molecule has 0 spiro atoms. The van der Waals surface area contributed by atoms with Gasteiger partial charge in [-0.1, -0.05) is 25.1 Å². The van der Waals surface area contributed by atoms with Gasteiger partial charge in [0.1, 0.15) is 0 Å². The molecule has 1 aliphatic heterocycles. The fourth-order valence-corrected chi connectivity index (χ4v) is 3.73. The summed E-state index contributed by atoms with van der Waals surface area (Å²) in [4.78, 5) is 4.40. The number of aromatic nitrogens is 2. The molecule has 0 fully saturated rings. The average molecular weight is 287 g/mol. The highest BCUT2D eigenvalue weighted by Crippen LogP contribution is 2.35. The standard InChI is InChI=1S/C16H21N3S/c1-3-13(10-20-2)19-11-17-9-15(19)14-6-4-5-12-7-8-18-16(12)14/h4-6,9,11,13,18H,3,7-8,10H2,1-2H3. The second kappa shape index (κ2) is 5.92. The van der Waals surface area contributed by atoms with Gasteiger partial charge in [-0.05, 0) is 24.7 Å². The number of imidazole rings is 1. The van der Waals surface area contributed by atoms with Crippen molar-refractivity contribution in [3.05, 3.63) is 36.3 Å². The number of hydrogen-bond donors (Lipinski definition) is 1. The maximum atomic E-state index is 4.40. The molecule has 106 valence electrons. The summed E-state index contributed by atoms with van der Waals surface area (Å²) < 4.78 is 2.34. The quantitative estimate of drug-likeness (QED) is 0.906. The summed E-state index contributed by atoms with van der Waals surface area (Å²) in [5.74, 6) is 1.13. The predicted molar refractivity (Wildman–Crippen MR) is 87.6 cm³/mol. The van der Waals surface area contributed by atoms with E-state index in [9.17, 15) is 0 Å². The van der Waals surface area contributed by atoms with Crippen LogP contribution in [0.15, 0.2) is 30.7 Å². The van der Waals surface area contributed by atoms with Crippen LogP contribution < -0.4 is 5.32 Å². The molecule has 3 rings (SSSR count). The summed E-state index contributed by atoms with van der Waals surface area (Å²) in [6.45, 7) is 3.29. The molecule has 20 heavy (non-hydrogen) atoms. The van der Waals surface area contributed by atoms with E-state index >= 15 is 0 Å². The van der Waals surface area contributed by atoms with Crippen LogP contribution in [0.4, 0.5) is 5.69 Å². The lowest BCUT2D eigenvalue weighted by atomic mass is 10.0. The molecule has 0 saturated carbocycles. The van der Waals surface area contributed by atoms with Crippen LogP contribution >= 0.6 is 11.8 Å². The third-order valence-electron chi connectivity index (χ3n) is 4.01. The molecule has 1 aromatic carbocycles. The van der Waals surface area contributed by atoms with Gasteiger partial charge in [-0.25, -0.2) is 4.98 Å². The molecule has 1 N–H and O–H groups in total. The first-order valence-corrected chi connectivity index (χ1v) is 8.61. The smallest absolute Gasteiger partial charge is 0.0953 e. The van der Waals surface area contributed by atoms with Crippen molar-refractivity contribution in [1.29, 1.82) is 0 Å². The molecule has 1 unspecified atom stereocenters. The minimum atomic E-state index is 0.514. The first-order chi connectivity index (χ1) is 9.85. The predicted octanol–water partition coefficient (Wildman–Crippen LogP) is 3.83. The third-order valence-corrected chi connectivity index (χ3v) is 4.73. The number of hydrogen-bond acceptors (Lipinski definition) is 3. The fourth-order valence-electron chi connectivity index (χ4n) is 2.94. The van der Waals surface area contributed by atoms with E-state index < -0.39 is 0 Å². The molecule has 2 aromatic rings. The van der Waals surface area contributed by atoms with Crippen molar-refractivity contribution in [3.63, 3.8) is 0 Å². The molecule has 1 aliphatic rings. The molecular weight excluding hydrogens is 266 g/mol. The number of benzene rings is 1. The molecule has 4 heteroatoms. The van der Waals surface area contributed by atoms with Crippen molar-refractivity contribution in [1.82, 2.24) is 9.55 Å². The molecule has 0 radical (unpaired) electrons. The van der Waals surface area contributed by atoms with E-state index in [0.717, 1.165) is 25.1 Å². The summed E-state index contributed by atoms with van der Waals surface area (Å²) in [6, 6.07) is 7.10. The molecule has 0 saturated heterocycles. The maximum absolute atomic E-state index is 4.40. The van der Waals surface area contributed by atoms with Crippen LogP contribution in [0.5, 0.6) is 0 Å². The van der Waals surface area contributed by atoms with Gasteiger partial charge in [-0.15, -0.1) is 0 Å². The van der Waals surface area contributed by atoms with Crippen molar-refractivity contribution < 1.29 is 0 Å². The van der Waals surface area contributed by atoms with E-state index in [4.69, 9.17) is 0 Å². The number of nitrogens with one attached hydrogen (secondary N) is 1. The second-order valence-electron chi connectivity index (χ2n) is 5.22. The Kier molecular flexibility index (Phi) is 4.01. The summed E-state index contributed by atoms with van der Waals surface area (Å²) in [7, 11) is 0. The van der Waals surface area contributed by atoms with E-state index in [1.54, 1.807) is 0 Å². The summed E-state index contributed by atoms with van der Waals surface area (Å²) in [6.07, 6.45) is 8.40. The van der Waals surface area contributed by atoms with Gasteiger partial charge in [-0.3, -0.25) is 0 Å². The lowest BCUT2D eigenvalue weighted by molar-refractivity contribution is 0.544. The highest BCUT2D eigenvalue weighted by molar-refractivity contribution is 7.98. The Morgan fingerprint density at radius 3 is 3.15 bits per heavy atom. The largest absolute Gasteiger partial charge is 0.384 e. The Balaban J connectivity index is 2.04. The van der Waals surface area contributed by atoms with Gasteiger partial charge >= 0.3 is 0 Å². The van der Waals surface area contributed by atoms with E-state index in [0.29, 0.717) is 6.04 Å². The van der Waals surface area contributed by atoms with Crippen molar-refractivity contribution in [3.8, 4) is 11.3 Å².